The molecule has 2 N–H and O–H groups in total. The molecule has 140 valence electrons. The number of methoxy groups -OCH3 is 1. The van der Waals surface area contributed by atoms with E-state index in [-0.39, 0.29) is 19.0 Å². The average molecular weight is 383 g/mol. The van der Waals surface area contributed by atoms with Gasteiger partial charge in [0.05, 0.1) is 13.2 Å². The number of hydrogen-bond acceptors (Lipinski definition) is 5. The third-order valence-electron chi connectivity index (χ3n) is 3.96. The number of carbonyl (C=O) groups excluding carboxylic acids is 2. The Morgan fingerprint density at radius 2 is 1.89 bits per heavy atom. The van der Waals surface area contributed by atoms with Crippen LogP contribution in [0, 0.1) is 11.3 Å². The molecule has 2 aromatic rings. The second kappa shape index (κ2) is 9.64. The number of amides is 2. The molecule has 2 rings (SSSR count). The van der Waals surface area contributed by atoms with E-state index in [0.29, 0.717) is 17.7 Å². The summed E-state index contributed by atoms with van der Waals surface area (Å²) in [5, 5.41) is 14.0. The molecular weight excluding hydrogens is 362 g/mol. The van der Waals surface area contributed by atoms with Gasteiger partial charge in [-0.05, 0) is 30.2 Å². The molecule has 0 bridgehead atoms. The van der Waals surface area contributed by atoms with Gasteiger partial charge in [-0.1, -0.05) is 36.4 Å². The Labute approximate surface area is 163 Å². The van der Waals surface area contributed by atoms with Crippen LogP contribution in [-0.2, 0) is 11.2 Å². The fraction of sp³-hybridized carbons (Fsp3) is 0.250. The molecule has 0 heterocycles. The Hall–Kier alpha value is -2.98. The molecule has 1 unspecified atom stereocenters. The van der Waals surface area contributed by atoms with Crippen LogP contribution in [-0.4, -0.2) is 36.8 Å². The monoisotopic (exact) mass is 383 g/mol. The van der Waals surface area contributed by atoms with E-state index in [2.05, 4.69) is 23.3 Å². The topological polar surface area (TPSA) is 91.2 Å². The first-order chi connectivity index (χ1) is 13.0. The lowest BCUT2D eigenvalue weighted by atomic mass is 9.97. The van der Waals surface area contributed by atoms with Gasteiger partial charge in [-0.25, -0.2) is 0 Å². The van der Waals surface area contributed by atoms with E-state index in [1.165, 1.54) is 7.11 Å². The van der Waals surface area contributed by atoms with Crippen molar-refractivity contribution in [1.29, 1.82) is 5.26 Å². The van der Waals surface area contributed by atoms with Crippen molar-refractivity contribution in [3.63, 3.8) is 0 Å². The average Bonchev–Trinajstić information content (AvgIpc) is 2.71. The molecule has 6 nitrogen and oxygen atoms in total. The quantitative estimate of drug-likeness (QED) is 0.480. The Morgan fingerprint density at radius 1 is 1.15 bits per heavy atom. The highest BCUT2D eigenvalue weighted by Gasteiger charge is 2.35. The molecule has 27 heavy (non-hydrogen) atoms. The predicted molar refractivity (Wildman–Crippen MR) is 106 cm³/mol. The zero-order valence-electron chi connectivity index (χ0n) is 14.9. The van der Waals surface area contributed by atoms with Gasteiger partial charge in [0, 0.05) is 12.1 Å². The highest BCUT2D eigenvalue weighted by Crippen LogP contribution is 2.21. The lowest BCUT2D eigenvalue weighted by molar-refractivity contribution is -0.123. The summed E-state index contributed by atoms with van der Waals surface area (Å²) >= 11 is 4.56. The number of hydrogen-bond donors (Lipinski definition) is 3. The zero-order valence-corrected chi connectivity index (χ0v) is 15.8. The maximum atomic E-state index is 12.6. The number of rotatable bonds is 8. The van der Waals surface area contributed by atoms with Crippen LogP contribution in [0.5, 0.6) is 5.75 Å². The van der Waals surface area contributed by atoms with E-state index in [1.54, 1.807) is 24.3 Å². The van der Waals surface area contributed by atoms with Crippen LogP contribution < -0.4 is 15.4 Å². The SMILES string of the molecule is COc1cccc(C(=O)NCC(S)(Cc2ccccc2)C(=O)NCC#N)c1. The van der Waals surface area contributed by atoms with Gasteiger partial charge in [0.1, 0.15) is 17.0 Å². The largest absolute Gasteiger partial charge is 0.497 e. The molecule has 0 aliphatic carbocycles. The molecular formula is C20H21N3O3S. The summed E-state index contributed by atoms with van der Waals surface area (Å²) in [7, 11) is 1.52. The second-order valence-corrected chi connectivity index (χ2v) is 6.81. The van der Waals surface area contributed by atoms with Crippen LogP contribution in [0.3, 0.4) is 0 Å². The van der Waals surface area contributed by atoms with Crippen molar-refractivity contribution in [2.24, 2.45) is 0 Å². The molecule has 0 fully saturated rings. The molecule has 1 atom stereocenters. The van der Waals surface area contributed by atoms with Crippen LogP contribution in [0.2, 0.25) is 0 Å². The maximum absolute atomic E-state index is 12.6. The van der Waals surface area contributed by atoms with Crippen molar-refractivity contribution >= 4 is 24.4 Å². The fourth-order valence-corrected chi connectivity index (χ4v) is 2.87. The van der Waals surface area contributed by atoms with Gasteiger partial charge in [-0.15, -0.1) is 0 Å². The van der Waals surface area contributed by atoms with Gasteiger partial charge < -0.3 is 15.4 Å². The summed E-state index contributed by atoms with van der Waals surface area (Å²) < 4.78 is 3.92. The summed E-state index contributed by atoms with van der Waals surface area (Å²) in [6, 6.07) is 18.0. The molecule has 0 aromatic heterocycles. The Morgan fingerprint density at radius 3 is 2.56 bits per heavy atom. The standard InChI is InChI=1S/C20H21N3O3S/c1-26-17-9-5-8-16(12-17)18(24)23-14-20(27,19(25)22-11-10-21)13-15-6-3-2-4-7-15/h2-9,12,27H,11,13-14H2,1H3,(H,22,25)(H,23,24). The molecule has 0 saturated carbocycles. The first kappa shape index (κ1) is 20.3. The lowest BCUT2D eigenvalue weighted by Gasteiger charge is -2.27. The highest BCUT2D eigenvalue weighted by molar-refractivity contribution is 7.82. The molecule has 0 spiro atoms. The van der Waals surface area contributed by atoms with Crippen molar-refractivity contribution in [3.8, 4) is 11.8 Å². The van der Waals surface area contributed by atoms with Crippen molar-refractivity contribution in [2.75, 3.05) is 20.2 Å². The lowest BCUT2D eigenvalue weighted by Crippen LogP contribution is -2.51. The zero-order chi connectivity index (χ0) is 19.7. The smallest absolute Gasteiger partial charge is 0.251 e. The van der Waals surface area contributed by atoms with E-state index in [4.69, 9.17) is 10.00 Å². The third-order valence-corrected chi connectivity index (χ3v) is 4.48. The Balaban J connectivity index is 2.14. The third kappa shape index (κ3) is 5.76. The van der Waals surface area contributed by atoms with Gasteiger partial charge in [0.2, 0.25) is 5.91 Å². The van der Waals surface area contributed by atoms with E-state index in [9.17, 15) is 9.59 Å². The van der Waals surface area contributed by atoms with Gasteiger partial charge in [0.25, 0.3) is 5.91 Å². The first-order valence-electron chi connectivity index (χ1n) is 8.32. The molecule has 0 radical (unpaired) electrons. The number of thiol groups is 1. The summed E-state index contributed by atoms with van der Waals surface area (Å²) in [6.07, 6.45) is 0.298. The van der Waals surface area contributed by atoms with Gasteiger partial charge in [0.15, 0.2) is 0 Å². The minimum atomic E-state index is -1.20. The normalized spacial score (nSPS) is 12.3. The number of benzene rings is 2. The highest BCUT2D eigenvalue weighted by atomic mass is 32.1. The van der Waals surface area contributed by atoms with E-state index >= 15 is 0 Å². The van der Waals surface area contributed by atoms with E-state index in [1.807, 2.05) is 36.4 Å². The molecule has 7 heteroatoms. The van der Waals surface area contributed by atoms with Crippen molar-refractivity contribution in [3.05, 3.63) is 65.7 Å². The molecule has 2 aromatic carbocycles. The van der Waals surface area contributed by atoms with Gasteiger partial charge >= 0.3 is 0 Å². The number of carbonyl (C=O) groups is 2. The van der Waals surface area contributed by atoms with Crippen LogP contribution in [0.4, 0.5) is 0 Å². The second-order valence-electron chi connectivity index (χ2n) is 5.95. The van der Waals surface area contributed by atoms with Crippen LogP contribution in [0.15, 0.2) is 54.6 Å². The Bertz CT molecular complexity index is 836. The van der Waals surface area contributed by atoms with Crippen LogP contribution in [0.25, 0.3) is 0 Å². The van der Waals surface area contributed by atoms with Gasteiger partial charge in [-0.3, -0.25) is 9.59 Å². The predicted octanol–water partition coefficient (Wildman–Crippen LogP) is 1.98. The summed E-state index contributed by atoms with van der Waals surface area (Å²) in [5.74, 6) is -0.188. The van der Waals surface area contributed by atoms with Crippen LogP contribution >= 0.6 is 12.6 Å². The van der Waals surface area contributed by atoms with Crippen LogP contribution in [0.1, 0.15) is 15.9 Å². The first-order valence-corrected chi connectivity index (χ1v) is 8.77. The summed E-state index contributed by atoms with van der Waals surface area (Å²) in [5.41, 5.74) is 1.32. The fourth-order valence-electron chi connectivity index (χ4n) is 2.53. The Kier molecular flexibility index (Phi) is 7.26. The maximum Gasteiger partial charge on any atom is 0.251 e. The number of ether oxygens (including phenoxy) is 1. The molecule has 0 aliphatic rings. The number of nitriles is 1. The summed E-state index contributed by atoms with van der Waals surface area (Å²) in [6.45, 7) is -0.127. The molecule has 2 amide bonds. The molecule has 0 aliphatic heterocycles. The molecule has 0 saturated heterocycles. The summed E-state index contributed by atoms with van der Waals surface area (Å²) in [4.78, 5) is 25.0. The number of nitrogens with zero attached hydrogens (tertiary/aromatic N) is 1. The van der Waals surface area contributed by atoms with Crippen molar-refractivity contribution < 1.29 is 14.3 Å². The van der Waals surface area contributed by atoms with Gasteiger partial charge in [-0.2, -0.15) is 17.9 Å². The minimum absolute atomic E-state index is 0.00168. The minimum Gasteiger partial charge on any atom is -0.497 e. The van der Waals surface area contributed by atoms with E-state index < -0.39 is 10.7 Å². The number of nitrogens with one attached hydrogen (secondary N) is 2. The van der Waals surface area contributed by atoms with Crippen molar-refractivity contribution in [2.45, 2.75) is 11.2 Å². The van der Waals surface area contributed by atoms with E-state index in [0.717, 1.165) is 5.56 Å². The van der Waals surface area contributed by atoms with Crippen molar-refractivity contribution in [1.82, 2.24) is 10.6 Å².